The summed E-state index contributed by atoms with van der Waals surface area (Å²) in [5.41, 5.74) is 1.45. The van der Waals surface area contributed by atoms with Gasteiger partial charge in [0.05, 0.1) is 6.54 Å². The van der Waals surface area contributed by atoms with E-state index < -0.39 is 0 Å². The summed E-state index contributed by atoms with van der Waals surface area (Å²) in [6.07, 6.45) is 7.55. The average Bonchev–Trinajstić information content (AvgIpc) is 3.51. The van der Waals surface area contributed by atoms with E-state index in [0.29, 0.717) is 18.4 Å². The largest absolute Gasteiger partial charge is 0.338 e. The quantitative estimate of drug-likeness (QED) is 0.714. The van der Waals surface area contributed by atoms with Crippen molar-refractivity contribution in [3.8, 4) is 0 Å². The number of amides is 2. The van der Waals surface area contributed by atoms with Gasteiger partial charge in [0.25, 0.3) is 0 Å². The summed E-state index contributed by atoms with van der Waals surface area (Å²) in [5, 5.41) is 3.00. The van der Waals surface area contributed by atoms with Crippen LogP contribution in [-0.2, 0) is 10.3 Å². The summed E-state index contributed by atoms with van der Waals surface area (Å²) in [6, 6.07) is 10.7. The number of nitrogens with one attached hydrogen (secondary N) is 1. The predicted octanol–water partition coefficient (Wildman–Crippen LogP) is 3.25. The average molecular weight is 372 g/mol. The molecule has 0 spiro atoms. The Morgan fingerprint density at radius 3 is 2.33 bits per heavy atom. The van der Waals surface area contributed by atoms with Crippen molar-refractivity contribution < 1.29 is 9.59 Å². The molecule has 1 aromatic rings. The Morgan fingerprint density at radius 2 is 1.78 bits per heavy atom. The first-order valence-corrected chi connectivity index (χ1v) is 10.2. The van der Waals surface area contributed by atoms with Crippen LogP contribution in [0.25, 0.3) is 0 Å². The molecule has 0 aliphatic heterocycles. The molecule has 0 aromatic heterocycles. The van der Waals surface area contributed by atoms with E-state index in [9.17, 15) is 9.59 Å². The van der Waals surface area contributed by atoms with Crippen LogP contribution in [0.3, 0.4) is 0 Å². The first-order valence-electron chi connectivity index (χ1n) is 10.2. The summed E-state index contributed by atoms with van der Waals surface area (Å²) in [4.78, 5) is 27.6. The van der Waals surface area contributed by atoms with Gasteiger partial charge in [-0.3, -0.25) is 4.90 Å². The third-order valence-corrected chi connectivity index (χ3v) is 6.40. The van der Waals surface area contributed by atoms with E-state index in [4.69, 9.17) is 0 Å². The highest BCUT2D eigenvalue weighted by molar-refractivity contribution is 5.76. The molecular formula is C22H33N3O2. The third-order valence-electron chi connectivity index (χ3n) is 6.40. The van der Waals surface area contributed by atoms with Gasteiger partial charge in [0.2, 0.25) is 0 Å². The van der Waals surface area contributed by atoms with Crippen molar-refractivity contribution in [2.24, 2.45) is 11.8 Å². The second kappa shape index (κ2) is 8.87. The minimum absolute atomic E-state index is 0.0709. The lowest BCUT2D eigenvalue weighted by Crippen LogP contribution is -2.48. The molecule has 148 valence electrons. The molecule has 0 radical (unpaired) electrons. The van der Waals surface area contributed by atoms with Crippen molar-refractivity contribution in [1.82, 2.24) is 15.1 Å². The van der Waals surface area contributed by atoms with E-state index in [1.54, 1.807) is 4.90 Å². The van der Waals surface area contributed by atoms with Gasteiger partial charge in [-0.1, -0.05) is 30.3 Å². The molecule has 0 heterocycles. The van der Waals surface area contributed by atoms with Gasteiger partial charge in [0.1, 0.15) is 6.29 Å². The molecule has 0 unspecified atom stereocenters. The first kappa shape index (κ1) is 19.9. The molecule has 2 amide bonds. The van der Waals surface area contributed by atoms with Gasteiger partial charge in [0.15, 0.2) is 0 Å². The van der Waals surface area contributed by atoms with Crippen molar-refractivity contribution in [3.05, 3.63) is 35.9 Å². The van der Waals surface area contributed by atoms with Crippen LogP contribution in [0.4, 0.5) is 4.79 Å². The summed E-state index contributed by atoms with van der Waals surface area (Å²) in [6.45, 7) is 1.61. The van der Waals surface area contributed by atoms with Crippen LogP contribution in [0.2, 0.25) is 0 Å². The minimum atomic E-state index is -0.0819. The lowest BCUT2D eigenvalue weighted by atomic mass is 9.72. The molecule has 0 bridgehead atoms. The molecular weight excluding hydrogens is 338 g/mol. The predicted molar refractivity (Wildman–Crippen MR) is 108 cm³/mol. The molecule has 5 heteroatoms. The summed E-state index contributed by atoms with van der Waals surface area (Å²) < 4.78 is 0. The van der Waals surface area contributed by atoms with Crippen LogP contribution in [0.15, 0.2) is 30.3 Å². The van der Waals surface area contributed by atoms with Crippen molar-refractivity contribution >= 4 is 12.3 Å². The monoisotopic (exact) mass is 371 g/mol. The van der Waals surface area contributed by atoms with Crippen LogP contribution < -0.4 is 5.32 Å². The highest BCUT2D eigenvalue weighted by Crippen LogP contribution is 2.43. The van der Waals surface area contributed by atoms with E-state index in [1.807, 2.05) is 0 Å². The number of carbonyl (C=O) groups is 2. The topological polar surface area (TPSA) is 52.7 Å². The lowest BCUT2D eigenvalue weighted by molar-refractivity contribution is -0.108. The lowest BCUT2D eigenvalue weighted by Gasteiger charge is -2.46. The zero-order valence-electron chi connectivity index (χ0n) is 16.7. The molecule has 0 atom stereocenters. The third kappa shape index (κ3) is 4.89. The van der Waals surface area contributed by atoms with Crippen molar-refractivity contribution in [2.45, 2.75) is 44.1 Å². The molecule has 2 aliphatic rings. The second-order valence-electron chi connectivity index (χ2n) is 8.44. The smallest absolute Gasteiger partial charge is 0.317 e. The van der Waals surface area contributed by atoms with Crippen molar-refractivity contribution in [1.29, 1.82) is 0 Å². The molecule has 27 heavy (non-hydrogen) atoms. The van der Waals surface area contributed by atoms with E-state index in [-0.39, 0.29) is 18.1 Å². The Balaban J connectivity index is 1.59. The van der Waals surface area contributed by atoms with E-state index in [2.05, 4.69) is 54.6 Å². The number of rotatable bonds is 8. The molecule has 2 aliphatic carbocycles. The Bertz CT molecular complexity index is 620. The molecule has 2 fully saturated rings. The van der Waals surface area contributed by atoms with Gasteiger partial charge in [-0.15, -0.1) is 0 Å². The van der Waals surface area contributed by atoms with Gasteiger partial charge in [0, 0.05) is 18.6 Å². The second-order valence-corrected chi connectivity index (χ2v) is 8.44. The normalized spacial score (nSPS) is 25.2. The number of hydrogen-bond acceptors (Lipinski definition) is 3. The number of benzene rings is 1. The maximum atomic E-state index is 12.4. The van der Waals surface area contributed by atoms with Crippen molar-refractivity contribution in [2.75, 3.05) is 33.7 Å². The maximum absolute atomic E-state index is 12.4. The Hall–Kier alpha value is -1.88. The van der Waals surface area contributed by atoms with Gasteiger partial charge in [-0.2, -0.15) is 0 Å². The highest BCUT2D eigenvalue weighted by atomic mass is 16.2. The number of hydrogen-bond donors (Lipinski definition) is 1. The molecule has 1 aromatic carbocycles. The highest BCUT2D eigenvalue weighted by Gasteiger charge is 2.39. The van der Waals surface area contributed by atoms with Crippen LogP contribution in [0.1, 0.15) is 44.1 Å². The molecule has 2 saturated carbocycles. The number of aldehydes is 1. The van der Waals surface area contributed by atoms with Gasteiger partial charge in [-0.05, 0) is 70.0 Å². The summed E-state index contributed by atoms with van der Waals surface area (Å²) in [5.74, 6) is 1.10. The standard InChI is InChI=1S/C22H33N3O2/c1-24(2)22(20-6-4-3-5-7-20)12-10-19(11-13-22)17-25(14-15-26)21(27)23-16-18-8-9-18/h3-7,15,18-19H,8-14,16-17H2,1-2H3,(H,23,27). The minimum Gasteiger partial charge on any atom is -0.338 e. The van der Waals surface area contributed by atoms with Gasteiger partial charge in [-0.25, -0.2) is 4.79 Å². The Kier molecular flexibility index (Phi) is 6.53. The summed E-state index contributed by atoms with van der Waals surface area (Å²) >= 11 is 0. The zero-order chi connectivity index (χ0) is 19.3. The van der Waals surface area contributed by atoms with Gasteiger partial charge < -0.3 is 15.0 Å². The molecule has 3 rings (SSSR count). The van der Waals surface area contributed by atoms with E-state index in [0.717, 1.165) is 38.5 Å². The van der Waals surface area contributed by atoms with Gasteiger partial charge >= 0.3 is 6.03 Å². The Morgan fingerprint density at radius 1 is 1.11 bits per heavy atom. The molecule has 0 saturated heterocycles. The number of carbonyl (C=O) groups excluding carboxylic acids is 2. The fourth-order valence-electron chi connectivity index (χ4n) is 4.39. The molecule has 1 N–H and O–H groups in total. The van der Waals surface area contributed by atoms with E-state index >= 15 is 0 Å². The number of urea groups is 1. The number of nitrogens with zero attached hydrogens (tertiary/aromatic N) is 2. The zero-order valence-corrected chi connectivity index (χ0v) is 16.7. The van der Waals surface area contributed by atoms with Crippen LogP contribution in [-0.4, -0.2) is 55.8 Å². The van der Waals surface area contributed by atoms with Crippen LogP contribution in [0.5, 0.6) is 0 Å². The maximum Gasteiger partial charge on any atom is 0.317 e. The Labute approximate surface area is 163 Å². The first-order chi connectivity index (χ1) is 13.0. The summed E-state index contributed by atoms with van der Waals surface area (Å²) in [7, 11) is 4.33. The van der Waals surface area contributed by atoms with E-state index in [1.165, 1.54) is 18.4 Å². The fraction of sp³-hybridized carbons (Fsp3) is 0.636. The van der Waals surface area contributed by atoms with Crippen molar-refractivity contribution in [3.63, 3.8) is 0 Å². The fourth-order valence-corrected chi connectivity index (χ4v) is 4.39. The van der Waals surface area contributed by atoms with Crippen LogP contribution >= 0.6 is 0 Å². The van der Waals surface area contributed by atoms with Crippen LogP contribution in [0, 0.1) is 11.8 Å². The molecule has 5 nitrogen and oxygen atoms in total. The SMILES string of the molecule is CN(C)C1(c2ccccc2)CCC(CN(CC=O)C(=O)NCC2CC2)CC1.